The number of hydrogen-bond acceptors (Lipinski definition) is 7. The first-order valence-corrected chi connectivity index (χ1v) is 14.2. The van der Waals surface area contributed by atoms with Gasteiger partial charge in [0.15, 0.2) is 9.84 Å². The third kappa shape index (κ3) is 5.65. The molecule has 2 saturated heterocycles. The van der Waals surface area contributed by atoms with Crippen LogP contribution in [0.4, 0.5) is 0 Å². The average molecular weight is 496 g/mol. The van der Waals surface area contributed by atoms with Gasteiger partial charge in [0.05, 0.1) is 35.8 Å². The molecule has 0 aliphatic carbocycles. The van der Waals surface area contributed by atoms with Crippen molar-refractivity contribution in [1.29, 1.82) is 0 Å². The summed E-state index contributed by atoms with van der Waals surface area (Å²) in [6.45, 7) is 3.57. The van der Waals surface area contributed by atoms with Crippen molar-refractivity contribution in [3.05, 3.63) is 54.0 Å². The van der Waals surface area contributed by atoms with E-state index in [-0.39, 0.29) is 41.4 Å². The van der Waals surface area contributed by atoms with Crippen LogP contribution in [0.15, 0.2) is 52.0 Å². The molecule has 33 heavy (non-hydrogen) atoms. The Hall–Kier alpha value is -2.21. The van der Waals surface area contributed by atoms with Crippen LogP contribution in [-0.2, 0) is 31.2 Å². The number of hydrogen-bond donors (Lipinski definition) is 0. The van der Waals surface area contributed by atoms with Crippen molar-refractivity contribution in [2.24, 2.45) is 0 Å². The second kappa shape index (κ2) is 9.57. The molecule has 0 radical (unpaired) electrons. The van der Waals surface area contributed by atoms with Gasteiger partial charge < -0.3 is 9.32 Å². The standard InChI is InChI=1S/C22H29N3O6S2/c1-18-4-6-21(7-5-18)33(29,30)25(15-20-3-2-13-31-20)16-22(26)24-11-9-23(10-12-24)19-8-14-32(27,28)17-19/h2-7,13,19H,8-12,14-17H2,1H3. The second-order valence-corrected chi connectivity index (χ2v) is 12.8. The predicted octanol–water partition coefficient (Wildman–Crippen LogP) is 1.11. The van der Waals surface area contributed by atoms with Crippen LogP contribution in [0.3, 0.4) is 0 Å². The highest BCUT2D eigenvalue weighted by atomic mass is 32.2. The Kier molecular flexibility index (Phi) is 6.94. The number of piperazine rings is 1. The summed E-state index contributed by atoms with van der Waals surface area (Å²) in [6.07, 6.45) is 2.10. The van der Waals surface area contributed by atoms with Crippen LogP contribution in [0, 0.1) is 6.92 Å². The number of sulfone groups is 1. The zero-order valence-corrected chi connectivity index (χ0v) is 20.2. The van der Waals surface area contributed by atoms with Gasteiger partial charge in [-0.2, -0.15) is 4.31 Å². The fourth-order valence-electron chi connectivity index (χ4n) is 4.31. The first-order chi connectivity index (χ1) is 15.6. The maximum atomic E-state index is 13.3. The molecule has 0 N–H and O–H groups in total. The summed E-state index contributed by atoms with van der Waals surface area (Å²) >= 11 is 0. The number of sulfonamides is 1. The maximum absolute atomic E-state index is 13.3. The van der Waals surface area contributed by atoms with Gasteiger partial charge in [0.25, 0.3) is 0 Å². The number of furan rings is 1. The lowest BCUT2D eigenvalue weighted by molar-refractivity contribution is -0.133. The summed E-state index contributed by atoms with van der Waals surface area (Å²) in [5.41, 5.74) is 0.940. The molecule has 0 spiro atoms. The summed E-state index contributed by atoms with van der Waals surface area (Å²) in [5.74, 6) is 0.559. The number of nitrogens with zero attached hydrogens (tertiary/aromatic N) is 3. The molecule has 1 atom stereocenters. The largest absolute Gasteiger partial charge is 0.468 e. The SMILES string of the molecule is Cc1ccc(S(=O)(=O)N(CC(=O)N2CCN(C3CCS(=O)(=O)C3)CC2)Cc2ccco2)cc1. The van der Waals surface area contributed by atoms with Crippen LogP contribution in [0.5, 0.6) is 0 Å². The lowest BCUT2D eigenvalue weighted by Crippen LogP contribution is -2.54. The van der Waals surface area contributed by atoms with Crippen molar-refractivity contribution in [1.82, 2.24) is 14.1 Å². The smallest absolute Gasteiger partial charge is 0.243 e. The van der Waals surface area contributed by atoms with Gasteiger partial charge in [0.2, 0.25) is 15.9 Å². The van der Waals surface area contributed by atoms with Crippen molar-refractivity contribution in [2.75, 3.05) is 44.2 Å². The van der Waals surface area contributed by atoms with E-state index in [2.05, 4.69) is 4.90 Å². The molecule has 1 amide bonds. The topological polar surface area (TPSA) is 108 Å². The van der Waals surface area contributed by atoms with Crippen LogP contribution in [0.25, 0.3) is 0 Å². The third-order valence-electron chi connectivity index (χ3n) is 6.27. The fraction of sp³-hybridized carbons (Fsp3) is 0.500. The van der Waals surface area contributed by atoms with Crippen molar-refractivity contribution >= 4 is 25.8 Å². The van der Waals surface area contributed by atoms with Crippen molar-refractivity contribution in [2.45, 2.75) is 30.8 Å². The lowest BCUT2D eigenvalue weighted by atomic mass is 10.2. The molecular formula is C22H29N3O6S2. The molecule has 3 heterocycles. The third-order valence-corrected chi connectivity index (χ3v) is 9.83. The fourth-order valence-corrected chi connectivity index (χ4v) is 7.43. The molecule has 4 rings (SSSR count). The van der Waals surface area contributed by atoms with E-state index in [4.69, 9.17) is 4.42 Å². The van der Waals surface area contributed by atoms with Gasteiger partial charge in [-0.15, -0.1) is 0 Å². The highest BCUT2D eigenvalue weighted by Gasteiger charge is 2.35. The van der Waals surface area contributed by atoms with E-state index in [1.54, 1.807) is 41.3 Å². The molecule has 1 unspecified atom stereocenters. The van der Waals surface area contributed by atoms with Crippen molar-refractivity contribution in [3.8, 4) is 0 Å². The molecule has 1 aromatic heterocycles. The van der Waals surface area contributed by atoms with Crippen molar-refractivity contribution < 1.29 is 26.0 Å². The first-order valence-electron chi connectivity index (χ1n) is 11.0. The highest BCUT2D eigenvalue weighted by molar-refractivity contribution is 7.91. The summed E-state index contributed by atoms with van der Waals surface area (Å²) in [6, 6.07) is 9.89. The van der Waals surface area contributed by atoms with Crippen LogP contribution >= 0.6 is 0 Å². The summed E-state index contributed by atoms with van der Waals surface area (Å²) in [7, 11) is -6.88. The van der Waals surface area contributed by atoms with Gasteiger partial charge in [0.1, 0.15) is 5.76 Å². The van der Waals surface area contributed by atoms with E-state index >= 15 is 0 Å². The zero-order chi connectivity index (χ0) is 23.6. The molecular weight excluding hydrogens is 466 g/mol. The van der Waals surface area contributed by atoms with Crippen LogP contribution < -0.4 is 0 Å². The normalized spacial score (nSPS) is 21.5. The van der Waals surface area contributed by atoms with Crippen LogP contribution in [0.1, 0.15) is 17.7 Å². The minimum atomic E-state index is -3.92. The maximum Gasteiger partial charge on any atom is 0.243 e. The van der Waals surface area contributed by atoms with Gasteiger partial charge in [-0.05, 0) is 37.6 Å². The van der Waals surface area contributed by atoms with Gasteiger partial charge >= 0.3 is 0 Å². The number of aryl methyl sites for hydroxylation is 1. The number of carbonyl (C=O) groups is 1. The highest BCUT2D eigenvalue weighted by Crippen LogP contribution is 2.21. The first kappa shape index (κ1) is 23.9. The summed E-state index contributed by atoms with van der Waals surface area (Å²) < 4.78 is 56.7. The molecule has 2 aliphatic heterocycles. The molecule has 2 fully saturated rings. The molecule has 1 aromatic carbocycles. The Morgan fingerprint density at radius 1 is 1.12 bits per heavy atom. The van der Waals surface area contributed by atoms with E-state index in [1.165, 1.54) is 6.26 Å². The molecule has 11 heteroatoms. The van der Waals surface area contributed by atoms with Gasteiger partial charge in [0, 0.05) is 32.2 Å². The molecule has 0 bridgehead atoms. The van der Waals surface area contributed by atoms with E-state index in [9.17, 15) is 21.6 Å². The minimum Gasteiger partial charge on any atom is -0.468 e. The van der Waals surface area contributed by atoms with Crippen molar-refractivity contribution in [3.63, 3.8) is 0 Å². The quantitative estimate of drug-likeness (QED) is 0.566. The Morgan fingerprint density at radius 3 is 2.39 bits per heavy atom. The van der Waals surface area contributed by atoms with E-state index < -0.39 is 19.9 Å². The molecule has 180 valence electrons. The lowest BCUT2D eigenvalue weighted by Gasteiger charge is -2.38. The average Bonchev–Trinajstić information content (AvgIpc) is 3.42. The number of carbonyl (C=O) groups excluding carboxylic acids is 1. The Morgan fingerprint density at radius 2 is 1.82 bits per heavy atom. The van der Waals surface area contributed by atoms with E-state index in [0.717, 1.165) is 9.87 Å². The van der Waals surface area contributed by atoms with Crippen LogP contribution in [0.2, 0.25) is 0 Å². The molecule has 2 aromatic rings. The molecule has 9 nitrogen and oxygen atoms in total. The molecule has 0 saturated carbocycles. The number of benzene rings is 1. The van der Waals surface area contributed by atoms with E-state index in [0.29, 0.717) is 38.4 Å². The Labute approximate surface area is 194 Å². The number of rotatable bonds is 7. The number of amides is 1. The zero-order valence-electron chi connectivity index (χ0n) is 18.6. The summed E-state index contributed by atoms with van der Waals surface area (Å²) in [4.78, 5) is 17.0. The van der Waals surface area contributed by atoms with Gasteiger partial charge in [-0.1, -0.05) is 17.7 Å². The Bertz CT molecular complexity index is 1170. The van der Waals surface area contributed by atoms with Crippen LogP contribution in [-0.4, -0.2) is 87.1 Å². The van der Waals surface area contributed by atoms with Gasteiger partial charge in [-0.3, -0.25) is 9.69 Å². The second-order valence-electron chi connectivity index (χ2n) is 8.64. The minimum absolute atomic E-state index is 0.00428. The van der Waals surface area contributed by atoms with Gasteiger partial charge in [-0.25, -0.2) is 16.8 Å². The molecule has 2 aliphatic rings. The summed E-state index contributed by atoms with van der Waals surface area (Å²) in [5, 5.41) is 0. The predicted molar refractivity (Wildman–Crippen MR) is 123 cm³/mol. The Balaban J connectivity index is 1.44. The monoisotopic (exact) mass is 495 g/mol. The van der Waals surface area contributed by atoms with E-state index in [1.807, 2.05) is 6.92 Å².